The van der Waals surface area contributed by atoms with Gasteiger partial charge in [0.05, 0.1) is 0 Å². The first kappa shape index (κ1) is 22.0. The Hall–Kier alpha value is -2.23. The Morgan fingerprint density at radius 3 is 2.68 bits per heavy atom. The third-order valence-corrected chi connectivity index (χ3v) is 8.10. The molecule has 0 saturated heterocycles. The molecule has 2 heterocycles. The quantitative estimate of drug-likeness (QED) is 0.559. The van der Waals surface area contributed by atoms with E-state index in [-0.39, 0.29) is 11.0 Å². The standard InChI is InChI=1S/C27H38N2O2/c1-8-19(16-29-12-11-28-18(29)3)26(4,5)20-14-23(30)25-21-13-17(2)9-10-22(21)27(6,7)31-24(25)15-20/h9,11-12,14-15,19,21-22,30H,8,10,13,16H2,1-7H3/t19?,21-,22?/m1/s1. The van der Waals surface area contributed by atoms with Gasteiger partial charge in [-0.3, -0.25) is 0 Å². The zero-order valence-electron chi connectivity index (χ0n) is 20.2. The Bertz CT molecular complexity index is 999. The van der Waals surface area contributed by atoms with Crippen molar-refractivity contribution in [1.82, 2.24) is 9.55 Å². The molecule has 1 aliphatic carbocycles. The number of aromatic hydroxyl groups is 1. The first-order chi connectivity index (χ1) is 14.5. The molecule has 0 bridgehead atoms. The van der Waals surface area contributed by atoms with E-state index in [1.54, 1.807) is 0 Å². The fourth-order valence-electron chi connectivity index (χ4n) is 5.87. The van der Waals surface area contributed by atoms with E-state index < -0.39 is 0 Å². The fourth-order valence-corrected chi connectivity index (χ4v) is 5.87. The van der Waals surface area contributed by atoms with Crippen LogP contribution in [0, 0.1) is 18.8 Å². The van der Waals surface area contributed by atoms with Gasteiger partial charge in [-0.1, -0.05) is 38.8 Å². The summed E-state index contributed by atoms with van der Waals surface area (Å²) in [4.78, 5) is 4.39. The molecule has 3 atom stereocenters. The lowest BCUT2D eigenvalue weighted by atomic mass is 9.66. The van der Waals surface area contributed by atoms with Crippen LogP contribution in [0.5, 0.6) is 11.5 Å². The lowest BCUT2D eigenvalue weighted by Gasteiger charge is -2.47. The van der Waals surface area contributed by atoms with Gasteiger partial charge in [0, 0.05) is 36.3 Å². The zero-order chi connectivity index (χ0) is 22.6. The largest absolute Gasteiger partial charge is 0.508 e. The summed E-state index contributed by atoms with van der Waals surface area (Å²) in [6.45, 7) is 16.4. The van der Waals surface area contributed by atoms with Gasteiger partial charge in [-0.05, 0) is 69.6 Å². The minimum absolute atomic E-state index is 0.120. The second-order valence-corrected chi connectivity index (χ2v) is 10.8. The Morgan fingerprint density at radius 1 is 1.29 bits per heavy atom. The summed E-state index contributed by atoms with van der Waals surface area (Å²) in [6.07, 6.45) is 9.32. The van der Waals surface area contributed by atoms with Gasteiger partial charge in [-0.15, -0.1) is 0 Å². The number of aryl methyl sites for hydroxylation is 1. The number of rotatable bonds is 5. The number of hydrogen-bond donors (Lipinski definition) is 1. The Balaban J connectivity index is 1.73. The van der Waals surface area contributed by atoms with Crippen LogP contribution in [0.2, 0.25) is 0 Å². The molecule has 1 aromatic carbocycles. The molecule has 2 aliphatic rings. The number of aromatic nitrogens is 2. The minimum atomic E-state index is -0.248. The van der Waals surface area contributed by atoms with Crippen LogP contribution in [0.25, 0.3) is 0 Å². The zero-order valence-corrected chi connectivity index (χ0v) is 20.2. The molecule has 0 amide bonds. The highest BCUT2D eigenvalue weighted by Gasteiger charge is 2.46. The van der Waals surface area contributed by atoms with Crippen molar-refractivity contribution in [2.24, 2.45) is 11.8 Å². The molecule has 4 heteroatoms. The monoisotopic (exact) mass is 422 g/mol. The summed E-state index contributed by atoms with van der Waals surface area (Å²) >= 11 is 0. The lowest BCUT2D eigenvalue weighted by molar-refractivity contribution is 0.00735. The molecule has 1 aliphatic heterocycles. The molecular formula is C27H38N2O2. The summed E-state index contributed by atoms with van der Waals surface area (Å²) < 4.78 is 8.81. The fraction of sp³-hybridized carbons (Fsp3) is 0.593. The van der Waals surface area contributed by atoms with E-state index in [4.69, 9.17) is 4.74 Å². The first-order valence-electron chi connectivity index (χ1n) is 11.7. The molecule has 4 rings (SSSR count). The molecule has 2 unspecified atom stereocenters. The lowest BCUT2D eigenvalue weighted by Crippen LogP contribution is -2.45. The third-order valence-electron chi connectivity index (χ3n) is 8.10. The van der Waals surface area contributed by atoms with Crippen LogP contribution in [-0.2, 0) is 12.0 Å². The van der Waals surface area contributed by atoms with Gasteiger partial charge >= 0.3 is 0 Å². The molecule has 0 radical (unpaired) electrons. The van der Waals surface area contributed by atoms with E-state index >= 15 is 0 Å². The molecule has 0 saturated carbocycles. The Morgan fingerprint density at radius 2 is 2.03 bits per heavy atom. The summed E-state index contributed by atoms with van der Waals surface area (Å²) in [5.74, 6) is 3.42. The van der Waals surface area contributed by atoms with Crippen LogP contribution in [0.4, 0.5) is 0 Å². The molecule has 31 heavy (non-hydrogen) atoms. The van der Waals surface area contributed by atoms with E-state index in [2.05, 4.69) is 76.4 Å². The van der Waals surface area contributed by atoms with Crippen molar-refractivity contribution in [1.29, 1.82) is 0 Å². The second-order valence-electron chi connectivity index (χ2n) is 10.8. The maximum Gasteiger partial charge on any atom is 0.127 e. The van der Waals surface area contributed by atoms with Crippen LogP contribution < -0.4 is 4.74 Å². The first-order valence-corrected chi connectivity index (χ1v) is 11.7. The molecule has 1 N–H and O–H groups in total. The van der Waals surface area contributed by atoms with Crippen molar-refractivity contribution in [3.63, 3.8) is 0 Å². The Kier molecular flexibility index (Phi) is 5.47. The van der Waals surface area contributed by atoms with Crippen molar-refractivity contribution < 1.29 is 9.84 Å². The predicted octanol–water partition coefficient (Wildman–Crippen LogP) is 6.51. The van der Waals surface area contributed by atoms with Gasteiger partial charge in [0.15, 0.2) is 0 Å². The molecular weight excluding hydrogens is 384 g/mol. The van der Waals surface area contributed by atoms with E-state index in [0.717, 1.165) is 48.5 Å². The molecule has 168 valence electrons. The number of benzene rings is 1. The highest BCUT2D eigenvalue weighted by Crippen LogP contribution is 2.55. The molecule has 0 fully saturated rings. The van der Waals surface area contributed by atoms with Crippen molar-refractivity contribution in [3.8, 4) is 11.5 Å². The number of phenols is 1. The second kappa shape index (κ2) is 7.72. The van der Waals surface area contributed by atoms with Crippen LogP contribution in [0.15, 0.2) is 36.2 Å². The van der Waals surface area contributed by atoms with Crippen molar-refractivity contribution >= 4 is 0 Å². The summed E-state index contributed by atoms with van der Waals surface area (Å²) in [5.41, 5.74) is 3.20. The topological polar surface area (TPSA) is 47.3 Å². The highest BCUT2D eigenvalue weighted by molar-refractivity contribution is 5.54. The number of nitrogens with zero attached hydrogens (tertiary/aromatic N) is 2. The smallest absolute Gasteiger partial charge is 0.127 e. The van der Waals surface area contributed by atoms with Gasteiger partial charge in [0.25, 0.3) is 0 Å². The van der Waals surface area contributed by atoms with Crippen LogP contribution in [0.1, 0.15) is 83.7 Å². The molecule has 0 spiro atoms. The molecule has 1 aromatic heterocycles. The van der Waals surface area contributed by atoms with E-state index in [9.17, 15) is 5.11 Å². The average Bonchev–Trinajstić information content (AvgIpc) is 3.09. The minimum Gasteiger partial charge on any atom is -0.508 e. The van der Waals surface area contributed by atoms with Gasteiger partial charge < -0.3 is 14.4 Å². The van der Waals surface area contributed by atoms with Gasteiger partial charge in [0.2, 0.25) is 0 Å². The predicted molar refractivity (Wildman–Crippen MR) is 126 cm³/mol. The number of hydrogen-bond acceptors (Lipinski definition) is 3. The molecule has 2 aromatic rings. The summed E-state index contributed by atoms with van der Waals surface area (Å²) in [7, 11) is 0. The maximum atomic E-state index is 11.2. The van der Waals surface area contributed by atoms with E-state index in [0.29, 0.717) is 23.5 Å². The van der Waals surface area contributed by atoms with Gasteiger partial charge in [0.1, 0.15) is 22.9 Å². The third kappa shape index (κ3) is 3.79. The van der Waals surface area contributed by atoms with Crippen LogP contribution in [0.3, 0.4) is 0 Å². The summed E-state index contributed by atoms with van der Waals surface area (Å²) in [6, 6.07) is 4.22. The highest BCUT2D eigenvalue weighted by atomic mass is 16.5. The van der Waals surface area contributed by atoms with Crippen molar-refractivity contribution in [2.45, 2.75) is 91.2 Å². The number of phenolic OH excluding ortho intramolecular Hbond substituents is 1. The van der Waals surface area contributed by atoms with E-state index in [1.807, 2.05) is 12.3 Å². The normalized spacial score (nSPS) is 23.4. The Labute approximate surface area is 187 Å². The number of imidazole rings is 1. The molecule has 4 nitrogen and oxygen atoms in total. The maximum absolute atomic E-state index is 11.2. The van der Waals surface area contributed by atoms with Gasteiger partial charge in [-0.2, -0.15) is 0 Å². The van der Waals surface area contributed by atoms with Crippen molar-refractivity contribution in [3.05, 3.63) is 53.1 Å². The van der Waals surface area contributed by atoms with Crippen LogP contribution >= 0.6 is 0 Å². The van der Waals surface area contributed by atoms with E-state index in [1.165, 1.54) is 5.57 Å². The summed E-state index contributed by atoms with van der Waals surface area (Å²) in [5, 5.41) is 11.2. The van der Waals surface area contributed by atoms with Crippen molar-refractivity contribution in [2.75, 3.05) is 0 Å². The van der Waals surface area contributed by atoms with Gasteiger partial charge in [-0.25, -0.2) is 4.98 Å². The SMILES string of the molecule is CCC(Cn1ccnc1C)C(C)(C)c1cc(O)c2c(c1)OC(C)(C)C1CC=C(C)C[C@@H]21. The number of ether oxygens (including phenoxy) is 1. The number of allylic oxidation sites excluding steroid dienone is 2. The van der Waals surface area contributed by atoms with Crippen LogP contribution in [-0.4, -0.2) is 20.3 Å². The average molecular weight is 423 g/mol. The number of fused-ring (bicyclic) bond motifs is 3.